The van der Waals surface area contributed by atoms with Crippen LogP contribution in [0.2, 0.25) is 0 Å². The number of anilines is 1. The lowest BCUT2D eigenvalue weighted by molar-refractivity contribution is -0.193. The molecule has 3 aromatic rings. The molecule has 2 saturated heterocycles. The number of hydrogen-bond acceptors (Lipinski definition) is 13. The van der Waals surface area contributed by atoms with Crippen molar-refractivity contribution in [2.24, 2.45) is 0 Å². The van der Waals surface area contributed by atoms with E-state index in [9.17, 15) is 45.8 Å². The van der Waals surface area contributed by atoms with Crippen molar-refractivity contribution in [3.8, 4) is 11.5 Å². The number of amides is 3. The molecule has 6 rings (SSSR count). The Bertz CT molecular complexity index is 2260. The number of fused-ring (bicyclic) bond motifs is 1. The molecule has 3 aliphatic heterocycles. The predicted molar refractivity (Wildman–Crippen MR) is 253 cm³/mol. The molecule has 3 amide bonds. The molecule has 2 aromatic carbocycles. The Kier molecular flexibility index (Phi) is 22.5. The van der Waals surface area contributed by atoms with Gasteiger partial charge in [-0.2, -0.15) is 26.3 Å². The first-order chi connectivity index (χ1) is 33.9. The summed E-state index contributed by atoms with van der Waals surface area (Å²) in [5, 5.41) is 33.4. The quantitative estimate of drug-likeness (QED) is 0.0474. The molecule has 0 bridgehead atoms. The van der Waals surface area contributed by atoms with E-state index < -0.39 is 24.3 Å². The number of benzene rings is 2. The van der Waals surface area contributed by atoms with Crippen molar-refractivity contribution >= 4 is 46.7 Å². The van der Waals surface area contributed by atoms with Crippen LogP contribution in [0.1, 0.15) is 96.5 Å². The lowest BCUT2D eigenvalue weighted by atomic mass is 9.89. The van der Waals surface area contributed by atoms with Gasteiger partial charge in [0, 0.05) is 57.1 Å². The zero-order chi connectivity index (χ0) is 53.2. The third kappa shape index (κ3) is 18.8. The van der Waals surface area contributed by atoms with Gasteiger partial charge in [-0.3, -0.25) is 19.3 Å². The molecule has 72 heavy (non-hydrogen) atoms. The van der Waals surface area contributed by atoms with Crippen LogP contribution in [0.4, 0.5) is 32.0 Å². The maximum Gasteiger partial charge on any atom is 0.490 e. The van der Waals surface area contributed by atoms with E-state index in [-0.39, 0.29) is 35.7 Å². The van der Waals surface area contributed by atoms with Crippen LogP contribution >= 0.6 is 11.3 Å². The molecule has 0 radical (unpaired) electrons. The number of thiazole rings is 1. The van der Waals surface area contributed by atoms with Crippen molar-refractivity contribution in [2.75, 3.05) is 84.1 Å². The van der Waals surface area contributed by atoms with Crippen LogP contribution in [-0.4, -0.2) is 161 Å². The highest BCUT2D eigenvalue weighted by atomic mass is 32.1. The van der Waals surface area contributed by atoms with E-state index in [0.717, 1.165) is 68.9 Å². The SMILES string of the molecule is CCCCN(CCNCCc1ccc(O)c2c1OCC(=O)N2)C(=O)CCOCCc1cc(C)cc(CN2CCC3(CC2)CN(C(=O)c2csc(C(C)C)n2)CCO3)c1.O=C(O)C(F)(F)F.O=C(O)C(F)(F)F. The molecule has 2 fully saturated rings. The molecule has 400 valence electrons. The number of carboxylic acid groups (broad SMARTS) is 2. The van der Waals surface area contributed by atoms with Crippen molar-refractivity contribution in [1.29, 1.82) is 0 Å². The first-order valence-electron chi connectivity index (χ1n) is 23.6. The number of rotatable bonds is 19. The number of alkyl halides is 6. The normalized spacial score (nSPS) is 15.6. The number of nitrogens with zero attached hydrogens (tertiary/aromatic N) is 4. The first-order valence-corrected chi connectivity index (χ1v) is 24.4. The Balaban J connectivity index is 0.000000703. The maximum atomic E-state index is 13.3. The van der Waals surface area contributed by atoms with Gasteiger partial charge in [0.15, 0.2) is 12.4 Å². The number of nitrogens with one attached hydrogen (secondary N) is 2. The number of halogens is 6. The van der Waals surface area contributed by atoms with E-state index in [0.29, 0.717) is 88.4 Å². The van der Waals surface area contributed by atoms with Gasteiger partial charge in [0.1, 0.15) is 17.1 Å². The number of carbonyl (C=O) groups excluding carboxylic acids is 3. The average molecular weight is 1050 g/mol. The van der Waals surface area contributed by atoms with Crippen molar-refractivity contribution in [1.82, 2.24) is 25.0 Å². The van der Waals surface area contributed by atoms with Crippen molar-refractivity contribution in [3.05, 3.63) is 68.7 Å². The second kappa shape index (κ2) is 27.5. The molecule has 17 nitrogen and oxygen atoms in total. The number of aromatic nitrogens is 1. The number of ether oxygens (including phenoxy) is 3. The second-order valence-corrected chi connectivity index (χ2v) is 18.7. The minimum absolute atomic E-state index is 0.0103. The Morgan fingerprint density at radius 3 is 2.25 bits per heavy atom. The van der Waals surface area contributed by atoms with Gasteiger partial charge in [-0.15, -0.1) is 11.3 Å². The lowest BCUT2D eigenvalue weighted by Gasteiger charge is -2.47. The third-order valence-corrected chi connectivity index (χ3v) is 12.9. The number of hydrogen-bond donors (Lipinski definition) is 5. The topological polar surface area (TPSA) is 220 Å². The number of piperidine rings is 1. The van der Waals surface area contributed by atoms with Gasteiger partial charge in [-0.05, 0) is 68.3 Å². The fourth-order valence-corrected chi connectivity index (χ4v) is 8.80. The summed E-state index contributed by atoms with van der Waals surface area (Å²) in [6.45, 7) is 16.5. The van der Waals surface area contributed by atoms with E-state index >= 15 is 0 Å². The van der Waals surface area contributed by atoms with Crippen LogP contribution in [-0.2, 0) is 48.0 Å². The summed E-state index contributed by atoms with van der Waals surface area (Å²) >= 11 is 1.56. The number of phenols is 1. The van der Waals surface area contributed by atoms with Gasteiger partial charge in [-0.25, -0.2) is 14.6 Å². The van der Waals surface area contributed by atoms with Gasteiger partial charge in [0.25, 0.3) is 11.8 Å². The Hall–Kier alpha value is -5.56. The highest BCUT2D eigenvalue weighted by Gasteiger charge is 2.42. The van der Waals surface area contributed by atoms with Crippen LogP contribution < -0.4 is 15.4 Å². The average Bonchev–Trinajstić information content (AvgIpc) is 3.82. The highest BCUT2D eigenvalue weighted by molar-refractivity contribution is 7.09. The predicted octanol–water partition coefficient (Wildman–Crippen LogP) is 6.80. The maximum absolute atomic E-state index is 13.3. The molecule has 5 N–H and O–H groups in total. The molecule has 4 heterocycles. The Morgan fingerprint density at radius 1 is 0.958 bits per heavy atom. The zero-order valence-corrected chi connectivity index (χ0v) is 41.6. The summed E-state index contributed by atoms with van der Waals surface area (Å²) in [7, 11) is 0. The Labute approximate surface area is 417 Å². The summed E-state index contributed by atoms with van der Waals surface area (Å²) in [4.78, 5) is 67.0. The molecule has 0 saturated carbocycles. The number of aliphatic carboxylic acids is 2. The summed E-state index contributed by atoms with van der Waals surface area (Å²) in [6, 6.07) is 10.1. The summed E-state index contributed by atoms with van der Waals surface area (Å²) < 4.78 is 81.4. The summed E-state index contributed by atoms with van der Waals surface area (Å²) in [6.07, 6.45) is -4.63. The largest absolute Gasteiger partial charge is 0.506 e. The summed E-state index contributed by atoms with van der Waals surface area (Å²) in [5.41, 5.74) is 5.24. The number of aromatic hydroxyl groups is 1. The number of likely N-dealkylation sites (tertiary alicyclic amines) is 1. The van der Waals surface area contributed by atoms with Gasteiger partial charge < -0.3 is 50.0 Å². The Morgan fingerprint density at radius 2 is 1.62 bits per heavy atom. The van der Waals surface area contributed by atoms with E-state index in [1.165, 1.54) is 16.7 Å². The number of carboxylic acids is 2. The van der Waals surface area contributed by atoms with Crippen molar-refractivity contribution in [3.63, 3.8) is 0 Å². The number of aryl methyl sites for hydroxylation is 1. The fourth-order valence-electron chi connectivity index (χ4n) is 7.99. The van der Waals surface area contributed by atoms with Gasteiger partial charge in [0.2, 0.25) is 5.91 Å². The van der Waals surface area contributed by atoms with E-state index in [1.807, 2.05) is 21.2 Å². The van der Waals surface area contributed by atoms with Crippen LogP contribution in [0, 0.1) is 6.92 Å². The summed E-state index contributed by atoms with van der Waals surface area (Å²) in [5.74, 6) is -4.86. The minimum Gasteiger partial charge on any atom is -0.506 e. The fraction of sp³-hybridized carbons (Fsp3) is 0.583. The smallest absolute Gasteiger partial charge is 0.490 e. The molecule has 1 aromatic heterocycles. The van der Waals surface area contributed by atoms with Crippen molar-refractivity contribution < 1.29 is 79.8 Å². The highest BCUT2D eigenvalue weighted by Crippen LogP contribution is 2.39. The standard InChI is InChI=1S/C44H62N6O7S.2C2HF3O2/c1-5-6-16-49(19-15-45-14-9-35-7-8-37(51)40-41(35)56-28-38(52)47-40)39(53)11-22-55-21-10-33-24-32(4)25-34(26-33)27-48-17-12-44(13-18-48)30-50(20-23-57-44)43(54)36-29-58-42(46-36)31(2)3;2*3-2(4,5)1(6)7/h7-8,24-26,29,31,45,51H,5-6,9-23,27-28,30H2,1-4H3,(H,47,52);2*(H,6,7). The second-order valence-electron chi connectivity index (χ2n) is 17.8. The lowest BCUT2D eigenvalue weighted by Crippen LogP contribution is -2.58. The molecule has 0 atom stereocenters. The number of phenolic OH excluding ortho intramolecular Hbond substituents is 1. The number of carbonyl (C=O) groups is 5. The monoisotopic (exact) mass is 1050 g/mol. The number of unbranched alkanes of at least 4 members (excludes halogenated alkanes) is 1. The van der Waals surface area contributed by atoms with E-state index in [4.69, 9.17) is 34.0 Å². The van der Waals surface area contributed by atoms with Gasteiger partial charge >= 0.3 is 24.3 Å². The first kappa shape index (κ1) is 59.0. The molecule has 1 spiro atoms. The number of morpholine rings is 1. The minimum atomic E-state index is -5.08. The van der Waals surface area contributed by atoms with Gasteiger partial charge in [0.05, 0.1) is 43.4 Å². The van der Waals surface area contributed by atoms with Crippen LogP contribution in [0.25, 0.3) is 0 Å². The van der Waals surface area contributed by atoms with Crippen LogP contribution in [0.5, 0.6) is 11.5 Å². The molecule has 3 aliphatic rings. The third-order valence-electron chi connectivity index (χ3n) is 11.7. The molecule has 0 unspecified atom stereocenters. The van der Waals surface area contributed by atoms with Crippen LogP contribution in [0.3, 0.4) is 0 Å². The zero-order valence-electron chi connectivity index (χ0n) is 40.8. The van der Waals surface area contributed by atoms with Gasteiger partial charge in [-0.1, -0.05) is 57.0 Å². The van der Waals surface area contributed by atoms with Crippen molar-refractivity contribution in [2.45, 2.75) is 103 Å². The molecular weight excluding hydrogens is 983 g/mol. The van der Waals surface area contributed by atoms with Crippen LogP contribution in [0.15, 0.2) is 35.7 Å². The molecule has 0 aliphatic carbocycles. The molecule has 24 heteroatoms. The molecular formula is C48H64F6N6O11S. The van der Waals surface area contributed by atoms with E-state index in [2.05, 4.69) is 66.4 Å². The van der Waals surface area contributed by atoms with E-state index in [1.54, 1.807) is 17.4 Å².